The Hall–Kier alpha value is -3.28. The third kappa shape index (κ3) is 5.11. The van der Waals surface area contributed by atoms with Gasteiger partial charge < -0.3 is 10.6 Å². The van der Waals surface area contributed by atoms with Gasteiger partial charge in [0, 0.05) is 6.54 Å². The van der Waals surface area contributed by atoms with Gasteiger partial charge in [0.1, 0.15) is 11.6 Å². The number of hydrogen-bond donors (Lipinski definition) is 2. The van der Waals surface area contributed by atoms with Crippen LogP contribution in [-0.4, -0.2) is 22.6 Å². The highest BCUT2D eigenvalue weighted by Crippen LogP contribution is 2.10. The molecule has 0 saturated heterocycles. The predicted octanol–water partition coefficient (Wildman–Crippen LogP) is 3.45. The number of anilines is 2. The maximum atomic E-state index is 13.6. The number of aromatic nitrogens is 2. The Bertz CT molecular complexity index is 853. The first-order valence-corrected chi connectivity index (χ1v) is 8.35. The van der Waals surface area contributed by atoms with Crippen molar-refractivity contribution < 1.29 is 9.18 Å². The number of benzene rings is 2. The maximum absolute atomic E-state index is 13.6. The topological polar surface area (TPSA) is 66.9 Å². The van der Waals surface area contributed by atoms with Gasteiger partial charge in [-0.25, -0.2) is 4.39 Å². The molecule has 2 N–H and O–H groups in total. The number of halogens is 1. The van der Waals surface area contributed by atoms with Crippen LogP contribution in [0.25, 0.3) is 0 Å². The van der Waals surface area contributed by atoms with E-state index in [2.05, 4.69) is 20.8 Å². The first kappa shape index (κ1) is 17.5. The van der Waals surface area contributed by atoms with Crippen molar-refractivity contribution in [2.45, 2.75) is 12.8 Å². The number of amides is 1. The molecule has 0 atom stereocenters. The number of nitrogens with one attached hydrogen (secondary N) is 2. The summed E-state index contributed by atoms with van der Waals surface area (Å²) in [5, 5.41) is 13.8. The van der Waals surface area contributed by atoms with Gasteiger partial charge in [-0.05, 0) is 35.7 Å². The molecule has 0 radical (unpaired) electrons. The van der Waals surface area contributed by atoms with Crippen molar-refractivity contribution in [2.75, 3.05) is 17.2 Å². The second-order valence-electron chi connectivity index (χ2n) is 5.78. The van der Waals surface area contributed by atoms with Crippen LogP contribution in [0.5, 0.6) is 0 Å². The lowest BCUT2D eigenvalue weighted by atomic mass is 10.1. The lowest BCUT2D eigenvalue weighted by Crippen LogP contribution is -2.16. The van der Waals surface area contributed by atoms with E-state index in [4.69, 9.17) is 0 Å². The van der Waals surface area contributed by atoms with Crippen LogP contribution in [0.4, 0.5) is 16.0 Å². The summed E-state index contributed by atoms with van der Waals surface area (Å²) in [5.41, 5.74) is 1.59. The second kappa shape index (κ2) is 8.71. The molecule has 0 aliphatic rings. The minimum Gasteiger partial charge on any atom is -0.368 e. The highest BCUT2D eigenvalue weighted by Gasteiger charge is 2.06. The SMILES string of the molecule is O=C(Cc1ccccc1)Nc1ccc(NCCc2ccccc2F)nn1. The molecule has 0 spiro atoms. The summed E-state index contributed by atoms with van der Waals surface area (Å²) in [5.74, 6) is 0.607. The summed E-state index contributed by atoms with van der Waals surface area (Å²) in [6.45, 7) is 0.537. The highest BCUT2D eigenvalue weighted by molar-refractivity contribution is 5.91. The number of carbonyl (C=O) groups is 1. The molecule has 26 heavy (non-hydrogen) atoms. The lowest BCUT2D eigenvalue weighted by molar-refractivity contribution is -0.115. The molecule has 0 fully saturated rings. The van der Waals surface area contributed by atoms with Gasteiger partial charge in [-0.15, -0.1) is 10.2 Å². The molecule has 0 saturated carbocycles. The van der Waals surface area contributed by atoms with Gasteiger partial charge in [0.05, 0.1) is 6.42 Å². The Morgan fingerprint density at radius 3 is 2.31 bits per heavy atom. The average molecular weight is 350 g/mol. The Kier molecular flexibility index (Phi) is 5.88. The average Bonchev–Trinajstić information content (AvgIpc) is 2.65. The first-order valence-electron chi connectivity index (χ1n) is 8.35. The zero-order valence-electron chi connectivity index (χ0n) is 14.2. The quantitative estimate of drug-likeness (QED) is 0.685. The van der Waals surface area contributed by atoms with E-state index in [9.17, 15) is 9.18 Å². The fourth-order valence-electron chi connectivity index (χ4n) is 2.49. The summed E-state index contributed by atoms with van der Waals surface area (Å²) in [4.78, 5) is 12.0. The highest BCUT2D eigenvalue weighted by atomic mass is 19.1. The van der Waals surface area contributed by atoms with Gasteiger partial charge in [0.25, 0.3) is 0 Å². The van der Waals surface area contributed by atoms with E-state index in [0.29, 0.717) is 30.2 Å². The maximum Gasteiger partial charge on any atom is 0.229 e. The lowest BCUT2D eigenvalue weighted by Gasteiger charge is -2.07. The molecule has 5 nitrogen and oxygen atoms in total. The smallest absolute Gasteiger partial charge is 0.229 e. The van der Waals surface area contributed by atoms with E-state index in [-0.39, 0.29) is 18.1 Å². The minimum absolute atomic E-state index is 0.147. The van der Waals surface area contributed by atoms with Gasteiger partial charge in [-0.2, -0.15) is 0 Å². The van der Waals surface area contributed by atoms with Gasteiger partial charge in [-0.1, -0.05) is 48.5 Å². The summed E-state index contributed by atoms with van der Waals surface area (Å²) in [6.07, 6.45) is 0.828. The molecule has 2 aromatic carbocycles. The largest absolute Gasteiger partial charge is 0.368 e. The zero-order chi connectivity index (χ0) is 18.2. The van der Waals surface area contributed by atoms with Crippen LogP contribution < -0.4 is 10.6 Å². The van der Waals surface area contributed by atoms with Crippen LogP contribution in [0.3, 0.4) is 0 Å². The van der Waals surface area contributed by atoms with E-state index in [0.717, 1.165) is 5.56 Å². The Morgan fingerprint density at radius 2 is 1.58 bits per heavy atom. The molecule has 0 aliphatic heterocycles. The molecule has 3 rings (SSSR count). The third-order valence-corrected chi connectivity index (χ3v) is 3.80. The molecule has 1 heterocycles. The Balaban J connectivity index is 1.47. The van der Waals surface area contributed by atoms with E-state index < -0.39 is 0 Å². The number of hydrogen-bond acceptors (Lipinski definition) is 4. The van der Waals surface area contributed by atoms with Crippen molar-refractivity contribution in [2.24, 2.45) is 0 Å². The number of nitrogens with zero attached hydrogens (tertiary/aromatic N) is 2. The van der Waals surface area contributed by atoms with E-state index >= 15 is 0 Å². The molecular formula is C20H19FN4O. The monoisotopic (exact) mass is 350 g/mol. The standard InChI is InChI=1S/C20H19FN4O/c21-17-9-5-4-8-16(17)12-13-22-18-10-11-19(25-24-18)23-20(26)14-15-6-2-1-3-7-15/h1-11H,12-14H2,(H,22,24)(H,23,25,26). The molecular weight excluding hydrogens is 331 g/mol. The first-order chi connectivity index (χ1) is 12.7. The van der Waals surface area contributed by atoms with Crippen molar-refractivity contribution in [3.63, 3.8) is 0 Å². The summed E-state index contributed by atoms with van der Waals surface area (Å²) in [6, 6.07) is 19.6. The molecule has 0 bridgehead atoms. The molecule has 0 aliphatic carbocycles. The Morgan fingerprint density at radius 1 is 0.885 bits per heavy atom. The van der Waals surface area contributed by atoms with Gasteiger partial charge in [-0.3, -0.25) is 4.79 Å². The van der Waals surface area contributed by atoms with Crippen molar-refractivity contribution in [3.05, 3.63) is 83.7 Å². The van der Waals surface area contributed by atoms with Crippen LogP contribution in [0, 0.1) is 5.82 Å². The minimum atomic E-state index is -0.211. The van der Waals surface area contributed by atoms with Crippen LogP contribution in [0.15, 0.2) is 66.7 Å². The second-order valence-corrected chi connectivity index (χ2v) is 5.78. The van der Waals surface area contributed by atoms with E-state index in [1.165, 1.54) is 6.07 Å². The normalized spacial score (nSPS) is 10.3. The molecule has 3 aromatic rings. The molecule has 132 valence electrons. The fourth-order valence-corrected chi connectivity index (χ4v) is 2.49. The fraction of sp³-hybridized carbons (Fsp3) is 0.150. The van der Waals surface area contributed by atoms with Crippen molar-refractivity contribution in [3.8, 4) is 0 Å². The van der Waals surface area contributed by atoms with Crippen molar-refractivity contribution in [1.29, 1.82) is 0 Å². The van der Waals surface area contributed by atoms with Crippen molar-refractivity contribution in [1.82, 2.24) is 10.2 Å². The number of rotatable bonds is 7. The summed E-state index contributed by atoms with van der Waals surface area (Å²) < 4.78 is 13.6. The molecule has 1 amide bonds. The molecule has 1 aromatic heterocycles. The van der Waals surface area contributed by atoms with Crippen LogP contribution >= 0.6 is 0 Å². The van der Waals surface area contributed by atoms with E-state index in [1.54, 1.807) is 24.3 Å². The summed E-state index contributed by atoms with van der Waals surface area (Å²) in [7, 11) is 0. The van der Waals surface area contributed by atoms with Gasteiger partial charge in [0.2, 0.25) is 5.91 Å². The third-order valence-electron chi connectivity index (χ3n) is 3.80. The number of carbonyl (C=O) groups excluding carboxylic acids is 1. The van der Waals surface area contributed by atoms with Gasteiger partial charge in [0.15, 0.2) is 5.82 Å². The van der Waals surface area contributed by atoms with Crippen LogP contribution in [0.2, 0.25) is 0 Å². The van der Waals surface area contributed by atoms with Crippen molar-refractivity contribution >= 4 is 17.5 Å². The predicted molar refractivity (Wildman–Crippen MR) is 99.4 cm³/mol. The molecule has 0 unspecified atom stereocenters. The van der Waals surface area contributed by atoms with Crippen LogP contribution in [-0.2, 0) is 17.6 Å². The van der Waals surface area contributed by atoms with Gasteiger partial charge >= 0.3 is 0 Å². The van der Waals surface area contributed by atoms with E-state index in [1.807, 2.05) is 36.4 Å². The summed E-state index contributed by atoms with van der Waals surface area (Å²) >= 11 is 0. The zero-order valence-corrected chi connectivity index (χ0v) is 14.2. The molecule has 6 heteroatoms. The van der Waals surface area contributed by atoms with Crippen LogP contribution in [0.1, 0.15) is 11.1 Å². The Labute approximate surface area is 151 Å².